The summed E-state index contributed by atoms with van der Waals surface area (Å²) in [6, 6.07) is 11.4. The highest BCUT2D eigenvalue weighted by atomic mass is 32.1. The lowest BCUT2D eigenvalue weighted by Gasteiger charge is -2.26. The van der Waals surface area contributed by atoms with Crippen LogP contribution < -0.4 is 5.32 Å². The number of carboxylic acid groups (broad SMARTS) is 1. The zero-order chi connectivity index (χ0) is 25.7. The van der Waals surface area contributed by atoms with Crippen LogP contribution in [0.5, 0.6) is 5.75 Å². The van der Waals surface area contributed by atoms with E-state index in [2.05, 4.69) is 37.7 Å². The first-order chi connectivity index (χ1) is 17.2. The number of aromatic nitrogens is 2. The molecule has 3 aromatic heterocycles. The van der Waals surface area contributed by atoms with Crippen LogP contribution in [-0.2, 0) is 16.1 Å². The number of thiophene rings is 2. The van der Waals surface area contributed by atoms with Crippen molar-refractivity contribution in [2.24, 2.45) is 0 Å². The minimum atomic E-state index is -5.08. The predicted molar refractivity (Wildman–Crippen MR) is 132 cm³/mol. The largest absolute Gasteiger partial charge is 0.508 e. The Balaban J connectivity index is 0.000000384. The molecule has 5 rings (SSSR count). The van der Waals surface area contributed by atoms with Crippen LogP contribution in [0.2, 0.25) is 0 Å². The van der Waals surface area contributed by atoms with Crippen LogP contribution >= 0.6 is 22.7 Å². The van der Waals surface area contributed by atoms with E-state index in [1.807, 2.05) is 6.07 Å². The van der Waals surface area contributed by atoms with Gasteiger partial charge in [0, 0.05) is 41.1 Å². The van der Waals surface area contributed by atoms with Gasteiger partial charge in [-0.2, -0.15) is 13.2 Å². The number of aliphatic carboxylic acids is 1. The highest BCUT2D eigenvalue weighted by molar-refractivity contribution is 7.26. The number of carboxylic acids is 1. The van der Waals surface area contributed by atoms with Gasteiger partial charge in [0.05, 0.1) is 23.4 Å². The van der Waals surface area contributed by atoms with Crippen molar-refractivity contribution < 1.29 is 32.9 Å². The van der Waals surface area contributed by atoms with Crippen LogP contribution in [0.3, 0.4) is 0 Å². The topological polar surface area (TPSA) is 108 Å². The fourth-order valence-electron chi connectivity index (χ4n) is 3.39. The number of benzene rings is 1. The summed E-state index contributed by atoms with van der Waals surface area (Å²) in [5.41, 5.74) is 3.06. The number of phenols is 1. The van der Waals surface area contributed by atoms with Crippen LogP contribution in [-0.4, -0.2) is 63.5 Å². The summed E-state index contributed by atoms with van der Waals surface area (Å²) in [7, 11) is 0. The maximum atomic E-state index is 10.6. The number of carbonyl (C=O) groups is 1. The van der Waals surface area contributed by atoms with E-state index >= 15 is 0 Å². The smallest absolute Gasteiger partial charge is 0.490 e. The minimum absolute atomic E-state index is 0.221. The molecular formula is C23H21F3N4O4S2. The van der Waals surface area contributed by atoms with Gasteiger partial charge in [-0.1, -0.05) is 6.07 Å². The molecule has 1 fully saturated rings. The van der Waals surface area contributed by atoms with Crippen LogP contribution in [0.4, 0.5) is 24.7 Å². The molecule has 0 saturated carbocycles. The van der Waals surface area contributed by atoms with E-state index in [9.17, 15) is 18.3 Å². The second-order valence-electron chi connectivity index (χ2n) is 7.73. The maximum absolute atomic E-state index is 10.6. The van der Waals surface area contributed by atoms with Gasteiger partial charge in [-0.25, -0.2) is 14.8 Å². The fraction of sp³-hybridized carbons (Fsp3) is 0.261. The summed E-state index contributed by atoms with van der Waals surface area (Å²) < 4.78 is 38.2. The molecule has 1 saturated heterocycles. The number of fused-ring (bicyclic) bond motifs is 1. The second-order valence-corrected chi connectivity index (χ2v) is 9.70. The Bertz CT molecular complexity index is 1340. The molecule has 1 aromatic carbocycles. The number of hydrogen-bond acceptors (Lipinski definition) is 9. The molecule has 1 aliphatic heterocycles. The number of nitrogens with one attached hydrogen (secondary N) is 1. The Kier molecular flexibility index (Phi) is 8.04. The number of morpholine rings is 1. The molecule has 0 unspecified atom stereocenters. The van der Waals surface area contributed by atoms with Gasteiger partial charge in [-0.05, 0) is 35.2 Å². The van der Waals surface area contributed by atoms with Crippen molar-refractivity contribution in [3.05, 3.63) is 53.7 Å². The molecule has 36 heavy (non-hydrogen) atoms. The zero-order valence-corrected chi connectivity index (χ0v) is 20.3. The summed E-state index contributed by atoms with van der Waals surface area (Å²) in [6.45, 7) is 4.60. The number of alkyl halides is 3. The molecule has 1 aliphatic rings. The van der Waals surface area contributed by atoms with E-state index in [4.69, 9.17) is 14.6 Å². The number of phenolic OH excluding ortho intramolecular Hbond substituents is 1. The monoisotopic (exact) mass is 538 g/mol. The summed E-state index contributed by atoms with van der Waals surface area (Å²) >= 11 is 3.46. The molecule has 0 spiro atoms. The quantitative estimate of drug-likeness (QED) is 0.313. The number of halogens is 3. The van der Waals surface area contributed by atoms with Crippen LogP contribution in [0, 0.1) is 0 Å². The highest BCUT2D eigenvalue weighted by Gasteiger charge is 2.38. The Morgan fingerprint density at radius 2 is 1.89 bits per heavy atom. The standard InChI is InChI=1S/C21H20N4O2S2.C2HF3O2/c26-16-3-1-2-15(9-16)24-21-20-17(22-13-23-21)10-19(29-20)18-8-14(12-28-18)11-25-4-6-27-7-5-25;3-2(4,5)1(6)7/h1-3,8-10,12-13,26H,4-7,11H2,(H,22,23,24);(H,6,7). The van der Waals surface area contributed by atoms with Gasteiger partial charge in [-0.3, -0.25) is 4.90 Å². The Hall–Kier alpha value is -3.26. The number of hydrogen-bond donors (Lipinski definition) is 3. The van der Waals surface area contributed by atoms with Crippen molar-refractivity contribution in [1.82, 2.24) is 14.9 Å². The molecule has 0 atom stereocenters. The molecule has 3 N–H and O–H groups in total. The van der Waals surface area contributed by atoms with Gasteiger partial charge in [0.25, 0.3) is 0 Å². The lowest BCUT2D eigenvalue weighted by atomic mass is 10.2. The lowest BCUT2D eigenvalue weighted by molar-refractivity contribution is -0.192. The zero-order valence-electron chi connectivity index (χ0n) is 18.7. The molecule has 4 heterocycles. The van der Waals surface area contributed by atoms with E-state index in [1.165, 1.54) is 15.3 Å². The highest BCUT2D eigenvalue weighted by Crippen LogP contribution is 2.39. The van der Waals surface area contributed by atoms with Crippen molar-refractivity contribution in [3.63, 3.8) is 0 Å². The summed E-state index contributed by atoms with van der Waals surface area (Å²) in [6.07, 6.45) is -3.51. The summed E-state index contributed by atoms with van der Waals surface area (Å²) in [4.78, 5) is 22.6. The van der Waals surface area contributed by atoms with Crippen LogP contribution in [0.1, 0.15) is 5.56 Å². The second kappa shape index (κ2) is 11.2. The van der Waals surface area contributed by atoms with E-state index in [-0.39, 0.29) is 5.75 Å². The van der Waals surface area contributed by atoms with E-state index in [1.54, 1.807) is 47.2 Å². The molecule has 0 aliphatic carbocycles. The molecular weight excluding hydrogens is 517 g/mol. The van der Waals surface area contributed by atoms with E-state index in [0.717, 1.165) is 54.6 Å². The third-order valence-corrected chi connectivity index (χ3v) is 7.37. The predicted octanol–water partition coefficient (Wildman–Crippen LogP) is 5.33. The molecule has 4 aromatic rings. The van der Waals surface area contributed by atoms with Gasteiger partial charge < -0.3 is 20.3 Å². The van der Waals surface area contributed by atoms with Gasteiger partial charge in [0.2, 0.25) is 0 Å². The van der Waals surface area contributed by atoms with Gasteiger partial charge in [0.15, 0.2) is 5.82 Å². The normalized spacial score (nSPS) is 14.3. The van der Waals surface area contributed by atoms with Gasteiger partial charge in [0.1, 0.15) is 12.1 Å². The summed E-state index contributed by atoms with van der Waals surface area (Å²) in [5.74, 6) is -1.78. The van der Waals surface area contributed by atoms with E-state index < -0.39 is 12.1 Å². The number of aromatic hydroxyl groups is 1. The van der Waals surface area contributed by atoms with Crippen molar-refractivity contribution >= 4 is 50.4 Å². The summed E-state index contributed by atoms with van der Waals surface area (Å²) in [5, 5.41) is 22.4. The molecule has 8 nitrogen and oxygen atoms in total. The first-order valence-corrected chi connectivity index (χ1v) is 12.4. The molecule has 0 radical (unpaired) electrons. The van der Waals surface area contributed by atoms with Crippen molar-refractivity contribution in [2.75, 3.05) is 31.6 Å². The van der Waals surface area contributed by atoms with Crippen molar-refractivity contribution in [2.45, 2.75) is 12.7 Å². The van der Waals surface area contributed by atoms with Gasteiger partial charge in [-0.15, -0.1) is 22.7 Å². The third-order valence-electron chi connectivity index (χ3n) is 5.07. The number of rotatable bonds is 5. The molecule has 13 heteroatoms. The lowest BCUT2D eigenvalue weighted by Crippen LogP contribution is -2.35. The maximum Gasteiger partial charge on any atom is 0.490 e. The van der Waals surface area contributed by atoms with Crippen LogP contribution in [0.15, 0.2) is 48.1 Å². The average Bonchev–Trinajstić information content (AvgIpc) is 3.47. The number of nitrogens with zero attached hydrogens (tertiary/aromatic N) is 3. The Labute approximate surface area is 211 Å². The first-order valence-electron chi connectivity index (χ1n) is 10.7. The average molecular weight is 539 g/mol. The molecule has 0 amide bonds. The number of ether oxygens (including phenoxy) is 1. The Morgan fingerprint density at radius 3 is 2.58 bits per heavy atom. The van der Waals surface area contributed by atoms with E-state index in [0.29, 0.717) is 0 Å². The van der Waals surface area contributed by atoms with Gasteiger partial charge >= 0.3 is 12.1 Å². The molecule has 190 valence electrons. The minimum Gasteiger partial charge on any atom is -0.508 e. The SMILES string of the molecule is O=C(O)C(F)(F)F.Oc1cccc(Nc2ncnc3cc(-c4cc(CN5CCOCC5)cs4)sc23)c1. The van der Waals surface area contributed by atoms with Crippen molar-refractivity contribution in [3.8, 4) is 15.5 Å². The Morgan fingerprint density at radius 1 is 1.14 bits per heavy atom. The molecule has 0 bridgehead atoms. The fourth-order valence-corrected chi connectivity index (χ4v) is 5.44. The number of anilines is 2. The first kappa shape index (κ1) is 25.8. The third kappa shape index (κ3) is 6.69. The van der Waals surface area contributed by atoms with Crippen molar-refractivity contribution in [1.29, 1.82) is 0 Å². The van der Waals surface area contributed by atoms with Crippen LogP contribution in [0.25, 0.3) is 20.0 Å².